The van der Waals surface area contributed by atoms with E-state index in [0.29, 0.717) is 30.3 Å². The Balaban J connectivity index is 1.28. The van der Waals surface area contributed by atoms with Crippen LogP contribution in [0.1, 0.15) is 91.3 Å². The monoisotopic (exact) mass is 531 g/mol. The van der Waals surface area contributed by atoms with Crippen LogP contribution in [0.2, 0.25) is 0 Å². The number of aromatic nitrogens is 1. The van der Waals surface area contributed by atoms with Crippen molar-refractivity contribution >= 4 is 17.6 Å². The predicted molar refractivity (Wildman–Crippen MR) is 151 cm³/mol. The van der Waals surface area contributed by atoms with Gasteiger partial charge in [-0.15, -0.1) is 0 Å². The van der Waals surface area contributed by atoms with Gasteiger partial charge in [0.05, 0.1) is 6.54 Å². The van der Waals surface area contributed by atoms with Gasteiger partial charge in [-0.05, 0) is 54.0 Å². The third-order valence-electron chi connectivity index (χ3n) is 8.34. The van der Waals surface area contributed by atoms with E-state index in [0.717, 1.165) is 60.8 Å². The molecule has 0 bridgehead atoms. The van der Waals surface area contributed by atoms with E-state index in [9.17, 15) is 14.7 Å². The van der Waals surface area contributed by atoms with Crippen LogP contribution >= 0.6 is 0 Å². The zero-order chi connectivity index (χ0) is 27.9. The number of carboxylic acids is 1. The fourth-order valence-electron chi connectivity index (χ4n) is 5.73. The number of benzene rings is 1. The Bertz CT molecular complexity index is 1270. The van der Waals surface area contributed by atoms with E-state index in [1.165, 1.54) is 12.8 Å². The standard InChI is InChI=1S/C31H41N5O3/c1-5-26(30(38)39)35-12-10-34(11-13-35)17-20-14-23(16-24(15-20)31(2,3)4)27(37)19-36-18-22-8-9-25(21-6-7-21)33-28(22)29(36)32/h8-9,14-16,21,26,32H,5-7,10-13,17-19H2,1-4H3,(H,38,39). The van der Waals surface area contributed by atoms with Gasteiger partial charge >= 0.3 is 5.97 Å². The molecule has 0 radical (unpaired) electrons. The Morgan fingerprint density at radius 3 is 2.44 bits per heavy atom. The summed E-state index contributed by atoms with van der Waals surface area (Å²) in [4.78, 5) is 36.2. The highest BCUT2D eigenvalue weighted by molar-refractivity contribution is 6.04. The van der Waals surface area contributed by atoms with Crippen LogP contribution < -0.4 is 0 Å². The number of carboxylic acid groups (broad SMARTS) is 1. The third kappa shape index (κ3) is 6.07. The summed E-state index contributed by atoms with van der Waals surface area (Å²) in [6.45, 7) is 12.9. The van der Waals surface area contributed by atoms with Gasteiger partial charge in [-0.2, -0.15) is 0 Å². The molecule has 1 aromatic carbocycles. The molecular weight excluding hydrogens is 490 g/mol. The predicted octanol–water partition coefficient (Wildman–Crippen LogP) is 4.26. The zero-order valence-corrected chi connectivity index (χ0v) is 23.7. The van der Waals surface area contributed by atoms with Crippen molar-refractivity contribution in [2.45, 2.75) is 77.4 Å². The van der Waals surface area contributed by atoms with Gasteiger partial charge in [0.15, 0.2) is 5.78 Å². The molecule has 0 spiro atoms. The molecule has 1 atom stereocenters. The maximum Gasteiger partial charge on any atom is 0.320 e. The summed E-state index contributed by atoms with van der Waals surface area (Å²) in [6.07, 6.45) is 2.95. The maximum absolute atomic E-state index is 13.6. The van der Waals surface area contributed by atoms with Gasteiger partial charge in [0, 0.05) is 62.0 Å². The molecule has 1 saturated heterocycles. The van der Waals surface area contributed by atoms with Gasteiger partial charge in [-0.25, -0.2) is 4.98 Å². The molecule has 2 N–H and O–H groups in total. The van der Waals surface area contributed by atoms with Gasteiger partial charge in [-0.1, -0.05) is 39.8 Å². The number of Topliss-reactive ketones (excluding diaryl/α,β-unsaturated/α-hetero) is 1. The second-order valence-electron chi connectivity index (χ2n) is 12.4. The van der Waals surface area contributed by atoms with E-state index in [2.05, 4.69) is 48.8 Å². The lowest BCUT2D eigenvalue weighted by molar-refractivity contribution is -0.144. The highest BCUT2D eigenvalue weighted by Gasteiger charge is 2.32. The van der Waals surface area contributed by atoms with Crippen LogP contribution in [-0.2, 0) is 23.3 Å². The summed E-state index contributed by atoms with van der Waals surface area (Å²) in [6, 6.07) is 9.95. The average molecular weight is 532 g/mol. The molecule has 1 aliphatic carbocycles. The molecule has 3 heterocycles. The van der Waals surface area contributed by atoms with Gasteiger partial charge in [-0.3, -0.25) is 24.8 Å². The number of carbonyl (C=O) groups is 2. The molecule has 208 valence electrons. The number of carbonyl (C=O) groups excluding carboxylic acids is 1. The summed E-state index contributed by atoms with van der Waals surface area (Å²) >= 11 is 0. The smallest absolute Gasteiger partial charge is 0.320 e. The van der Waals surface area contributed by atoms with Gasteiger partial charge in [0.25, 0.3) is 0 Å². The van der Waals surface area contributed by atoms with E-state index in [1.54, 1.807) is 0 Å². The summed E-state index contributed by atoms with van der Waals surface area (Å²) in [5.41, 5.74) is 5.61. The van der Waals surface area contributed by atoms with Gasteiger partial charge < -0.3 is 10.0 Å². The molecular formula is C31H41N5O3. The van der Waals surface area contributed by atoms with Crippen LogP contribution in [0.15, 0.2) is 30.3 Å². The number of hydrogen-bond donors (Lipinski definition) is 2. The molecule has 8 heteroatoms. The number of amidine groups is 1. The van der Waals surface area contributed by atoms with Crippen molar-refractivity contribution in [3.05, 3.63) is 64.0 Å². The normalized spacial score (nSPS) is 19.3. The van der Waals surface area contributed by atoms with E-state index in [1.807, 2.05) is 24.0 Å². The minimum Gasteiger partial charge on any atom is -0.480 e. The number of rotatable bonds is 9. The topological polar surface area (TPSA) is 101 Å². The Labute approximate surface area is 231 Å². The molecule has 2 fully saturated rings. The van der Waals surface area contributed by atoms with Crippen LogP contribution in [-0.4, -0.2) is 81.1 Å². The number of ketones is 1. The Hall–Kier alpha value is -3.10. The summed E-state index contributed by atoms with van der Waals surface area (Å²) in [5.74, 6) is 0.142. The van der Waals surface area contributed by atoms with E-state index >= 15 is 0 Å². The SMILES string of the molecule is CCC(C(=O)O)N1CCN(Cc2cc(C(=O)CN3Cc4ccc(C5CC5)nc4C3=N)cc(C(C)(C)C)c2)CC1. The minimum absolute atomic E-state index is 0.0133. The van der Waals surface area contributed by atoms with Crippen LogP contribution in [0.3, 0.4) is 0 Å². The van der Waals surface area contributed by atoms with E-state index in [4.69, 9.17) is 10.4 Å². The molecule has 8 nitrogen and oxygen atoms in total. The summed E-state index contributed by atoms with van der Waals surface area (Å²) in [5, 5.41) is 18.2. The first-order valence-corrected chi connectivity index (χ1v) is 14.2. The first-order valence-electron chi connectivity index (χ1n) is 14.2. The third-order valence-corrected chi connectivity index (χ3v) is 8.34. The minimum atomic E-state index is -0.750. The second kappa shape index (κ2) is 10.8. The number of aliphatic carboxylic acids is 1. The number of nitrogens with one attached hydrogen (secondary N) is 1. The van der Waals surface area contributed by atoms with Crippen molar-refractivity contribution in [3.8, 4) is 0 Å². The first-order chi connectivity index (χ1) is 18.5. The number of pyridine rings is 1. The van der Waals surface area contributed by atoms with E-state index in [-0.39, 0.29) is 17.7 Å². The Morgan fingerprint density at radius 2 is 1.82 bits per heavy atom. The average Bonchev–Trinajstić information content (AvgIpc) is 3.70. The van der Waals surface area contributed by atoms with Crippen LogP contribution in [0.25, 0.3) is 0 Å². The number of fused-ring (bicyclic) bond motifs is 1. The van der Waals surface area contributed by atoms with Crippen molar-refractivity contribution in [3.63, 3.8) is 0 Å². The lowest BCUT2D eigenvalue weighted by atomic mass is 9.84. The molecule has 0 amide bonds. The number of piperazine rings is 1. The van der Waals surface area contributed by atoms with Crippen molar-refractivity contribution in [1.82, 2.24) is 19.7 Å². The zero-order valence-electron chi connectivity index (χ0n) is 23.7. The molecule has 3 aliphatic rings. The van der Waals surface area contributed by atoms with Crippen LogP contribution in [0.5, 0.6) is 0 Å². The van der Waals surface area contributed by atoms with Gasteiger partial charge in [0.1, 0.15) is 17.6 Å². The van der Waals surface area contributed by atoms with Crippen LogP contribution in [0, 0.1) is 5.41 Å². The van der Waals surface area contributed by atoms with Crippen molar-refractivity contribution in [2.75, 3.05) is 32.7 Å². The Morgan fingerprint density at radius 1 is 1.10 bits per heavy atom. The first kappa shape index (κ1) is 27.5. The largest absolute Gasteiger partial charge is 0.480 e. The molecule has 1 saturated carbocycles. The molecule has 5 rings (SSSR count). The fourth-order valence-corrected chi connectivity index (χ4v) is 5.73. The highest BCUT2D eigenvalue weighted by atomic mass is 16.4. The van der Waals surface area contributed by atoms with Crippen LogP contribution in [0.4, 0.5) is 0 Å². The lowest BCUT2D eigenvalue weighted by Gasteiger charge is -2.37. The number of nitrogens with zero attached hydrogens (tertiary/aromatic N) is 4. The van der Waals surface area contributed by atoms with Crippen molar-refractivity contribution in [1.29, 1.82) is 5.41 Å². The van der Waals surface area contributed by atoms with E-state index < -0.39 is 12.0 Å². The van der Waals surface area contributed by atoms with Crippen molar-refractivity contribution < 1.29 is 14.7 Å². The van der Waals surface area contributed by atoms with Gasteiger partial charge in [0.2, 0.25) is 0 Å². The molecule has 39 heavy (non-hydrogen) atoms. The summed E-state index contributed by atoms with van der Waals surface area (Å²) < 4.78 is 0. The maximum atomic E-state index is 13.6. The molecule has 2 aliphatic heterocycles. The molecule has 1 aromatic heterocycles. The Kier molecular flexibility index (Phi) is 7.62. The lowest BCUT2D eigenvalue weighted by Crippen LogP contribution is -2.52. The second-order valence-corrected chi connectivity index (χ2v) is 12.4. The number of hydrogen-bond acceptors (Lipinski definition) is 6. The highest BCUT2D eigenvalue weighted by Crippen LogP contribution is 2.39. The fraction of sp³-hybridized carbons (Fsp3) is 0.548. The quantitative estimate of drug-likeness (QED) is 0.466. The molecule has 1 unspecified atom stereocenters. The van der Waals surface area contributed by atoms with Crippen molar-refractivity contribution in [2.24, 2.45) is 0 Å². The summed E-state index contributed by atoms with van der Waals surface area (Å²) in [7, 11) is 0. The molecule has 2 aromatic rings.